The molecule has 0 radical (unpaired) electrons. The highest BCUT2D eigenvalue weighted by Gasteiger charge is 2.45. The van der Waals surface area contributed by atoms with E-state index in [1.807, 2.05) is 19.9 Å². The summed E-state index contributed by atoms with van der Waals surface area (Å²) in [7, 11) is 1.32. The summed E-state index contributed by atoms with van der Waals surface area (Å²) in [6, 6.07) is 3.38. The molecule has 0 bridgehead atoms. The predicted molar refractivity (Wildman–Crippen MR) is 96.4 cm³/mol. The number of aliphatic hydroxyl groups is 1. The van der Waals surface area contributed by atoms with Crippen LogP contribution >= 0.6 is 15.9 Å². The lowest BCUT2D eigenvalue weighted by atomic mass is 9.85. The molecule has 0 fully saturated rings. The zero-order chi connectivity index (χ0) is 18.8. The van der Waals surface area contributed by atoms with E-state index in [2.05, 4.69) is 26.0 Å². The normalized spacial score (nSPS) is 18.0. The van der Waals surface area contributed by atoms with Gasteiger partial charge in [-0.3, -0.25) is 9.59 Å². The van der Waals surface area contributed by atoms with Crippen molar-refractivity contribution in [3.8, 4) is 5.75 Å². The van der Waals surface area contributed by atoms with Crippen molar-refractivity contribution >= 4 is 33.5 Å². The minimum absolute atomic E-state index is 0.00694. The second-order valence-corrected chi connectivity index (χ2v) is 7.49. The maximum absolute atomic E-state index is 12.2. The maximum Gasteiger partial charge on any atom is 0.305 e. The highest BCUT2D eigenvalue weighted by molar-refractivity contribution is 9.10. The van der Waals surface area contributed by atoms with Crippen LogP contribution < -0.4 is 10.2 Å². The van der Waals surface area contributed by atoms with E-state index in [0.29, 0.717) is 23.1 Å². The van der Waals surface area contributed by atoms with Crippen molar-refractivity contribution in [3.63, 3.8) is 0 Å². The van der Waals surface area contributed by atoms with E-state index in [9.17, 15) is 19.8 Å². The van der Waals surface area contributed by atoms with E-state index in [-0.39, 0.29) is 30.6 Å². The number of phenolic OH excluding ortho intramolecular Hbond substituents is 1. The summed E-state index contributed by atoms with van der Waals surface area (Å²) in [5.41, 5.74) is 0.595. The third kappa shape index (κ3) is 4.07. The first-order valence-electron chi connectivity index (χ1n) is 7.99. The van der Waals surface area contributed by atoms with Crippen LogP contribution in [-0.2, 0) is 19.7 Å². The van der Waals surface area contributed by atoms with Crippen molar-refractivity contribution in [1.29, 1.82) is 0 Å². The number of phenols is 1. The van der Waals surface area contributed by atoms with Crippen LogP contribution in [0.3, 0.4) is 0 Å². The van der Waals surface area contributed by atoms with Crippen LogP contribution in [-0.4, -0.2) is 48.5 Å². The highest BCUT2D eigenvalue weighted by atomic mass is 79.9. The van der Waals surface area contributed by atoms with Gasteiger partial charge >= 0.3 is 5.97 Å². The standard InChI is InChI=1S/C17H23BrN2O5/c1-17(2)11-7-10(18)8-12(21)15(11)20(16(17)24)9-13(22)19-6-4-5-14(23)25-3/h7-8,16,21,24H,4-6,9H2,1-3H3,(H,19,22). The summed E-state index contributed by atoms with van der Waals surface area (Å²) in [5.74, 6) is -0.613. The quantitative estimate of drug-likeness (QED) is 0.483. The Morgan fingerprint density at radius 3 is 2.72 bits per heavy atom. The zero-order valence-corrected chi connectivity index (χ0v) is 16.1. The second-order valence-electron chi connectivity index (χ2n) is 6.57. The predicted octanol–water partition coefficient (Wildman–Crippen LogP) is 1.64. The molecule has 8 heteroatoms. The zero-order valence-electron chi connectivity index (χ0n) is 14.5. The molecule has 1 aromatic rings. The Morgan fingerprint density at radius 2 is 2.08 bits per heavy atom. The SMILES string of the molecule is COC(=O)CCCNC(=O)CN1c2c(O)cc(Br)cc2C(C)(C)C1O. The summed E-state index contributed by atoms with van der Waals surface area (Å²) in [6.45, 7) is 3.96. The van der Waals surface area contributed by atoms with Crippen LogP contribution in [0.5, 0.6) is 5.75 Å². The smallest absolute Gasteiger partial charge is 0.305 e. The van der Waals surface area contributed by atoms with E-state index in [1.54, 1.807) is 0 Å². The molecule has 0 spiro atoms. The Balaban J connectivity index is 2.06. The minimum Gasteiger partial charge on any atom is -0.506 e. The maximum atomic E-state index is 12.2. The number of aliphatic hydroxyl groups excluding tert-OH is 1. The topological polar surface area (TPSA) is 99.1 Å². The highest BCUT2D eigenvalue weighted by Crippen LogP contribution is 2.49. The molecule has 1 aromatic carbocycles. The van der Waals surface area contributed by atoms with Crippen LogP contribution in [0.1, 0.15) is 32.3 Å². The summed E-state index contributed by atoms with van der Waals surface area (Å²) in [5, 5.41) is 23.6. The first kappa shape index (κ1) is 19.5. The van der Waals surface area contributed by atoms with Crippen LogP contribution in [0.25, 0.3) is 0 Å². The van der Waals surface area contributed by atoms with E-state index in [1.165, 1.54) is 18.1 Å². The number of hydrogen-bond acceptors (Lipinski definition) is 6. The van der Waals surface area contributed by atoms with E-state index in [4.69, 9.17) is 0 Å². The Morgan fingerprint density at radius 1 is 1.40 bits per heavy atom. The molecule has 0 aliphatic carbocycles. The number of esters is 1. The molecule has 1 unspecified atom stereocenters. The molecular formula is C17H23BrN2O5. The summed E-state index contributed by atoms with van der Waals surface area (Å²) in [4.78, 5) is 24.7. The van der Waals surface area contributed by atoms with Gasteiger partial charge in [-0.15, -0.1) is 0 Å². The van der Waals surface area contributed by atoms with Gasteiger partial charge in [0, 0.05) is 22.9 Å². The fourth-order valence-corrected chi connectivity index (χ4v) is 3.41. The lowest BCUT2D eigenvalue weighted by Gasteiger charge is -2.29. The summed E-state index contributed by atoms with van der Waals surface area (Å²) >= 11 is 3.34. The van der Waals surface area contributed by atoms with Crippen molar-refractivity contribution in [2.24, 2.45) is 0 Å². The number of carbonyl (C=O) groups excluding carboxylic acids is 2. The Labute approximate surface area is 155 Å². The molecule has 0 saturated heterocycles. The van der Waals surface area contributed by atoms with Gasteiger partial charge in [0.15, 0.2) is 0 Å². The number of nitrogens with one attached hydrogen (secondary N) is 1. The van der Waals surface area contributed by atoms with Gasteiger partial charge in [0.25, 0.3) is 0 Å². The van der Waals surface area contributed by atoms with Crippen molar-refractivity contribution < 1.29 is 24.5 Å². The van der Waals surface area contributed by atoms with E-state index < -0.39 is 11.6 Å². The van der Waals surface area contributed by atoms with Gasteiger partial charge < -0.3 is 25.2 Å². The molecule has 1 heterocycles. The fourth-order valence-electron chi connectivity index (χ4n) is 2.97. The lowest BCUT2D eigenvalue weighted by molar-refractivity contribution is -0.140. The number of anilines is 1. The molecule has 25 heavy (non-hydrogen) atoms. The molecular weight excluding hydrogens is 392 g/mol. The van der Waals surface area contributed by atoms with Crippen molar-refractivity contribution in [2.45, 2.75) is 38.3 Å². The number of nitrogens with zero attached hydrogens (tertiary/aromatic N) is 1. The van der Waals surface area contributed by atoms with Gasteiger partial charge in [0.05, 0.1) is 19.3 Å². The lowest BCUT2D eigenvalue weighted by Crippen LogP contribution is -2.46. The van der Waals surface area contributed by atoms with E-state index >= 15 is 0 Å². The molecule has 2 rings (SSSR count). The van der Waals surface area contributed by atoms with Crippen molar-refractivity contribution in [3.05, 3.63) is 22.2 Å². The monoisotopic (exact) mass is 414 g/mol. The Hall–Kier alpha value is -1.80. The van der Waals surface area contributed by atoms with Crippen molar-refractivity contribution in [2.75, 3.05) is 25.1 Å². The van der Waals surface area contributed by atoms with Crippen molar-refractivity contribution in [1.82, 2.24) is 5.32 Å². The third-order valence-electron chi connectivity index (χ3n) is 4.40. The molecule has 7 nitrogen and oxygen atoms in total. The average molecular weight is 415 g/mol. The number of rotatable bonds is 6. The van der Waals surface area contributed by atoms with Crippen LogP contribution in [0.4, 0.5) is 5.69 Å². The molecule has 1 aliphatic rings. The third-order valence-corrected chi connectivity index (χ3v) is 4.86. The number of methoxy groups -OCH3 is 1. The molecule has 138 valence electrons. The first-order valence-corrected chi connectivity index (χ1v) is 8.79. The van der Waals surface area contributed by atoms with Gasteiger partial charge in [-0.1, -0.05) is 29.8 Å². The van der Waals surface area contributed by atoms with Crippen LogP contribution in [0, 0.1) is 0 Å². The summed E-state index contributed by atoms with van der Waals surface area (Å²) in [6.07, 6.45) is -0.238. The van der Waals surface area contributed by atoms with Gasteiger partial charge in [-0.2, -0.15) is 0 Å². The van der Waals surface area contributed by atoms with Gasteiger partial charge in [-0.05, 0) is 24.1 Å². The number of carbonyl (C=O) groups is 2. The number of ether oxygens (including phenoxy) is 1. The number of hydrogen-bond donors (Lipinski definition) is 3. The molecule has 1 amide bonds. The Kier molecular flexibility index (Phi) is 5.95. The van der Waals surface area contributed by atoms with Gasteiger partial charge in [-0.25, -0.2) is 0 Å². The second kappa shape index (κ2) is 7.61. The summed E-state index contributed by atoms with van der Waals surface area (Å²) < 4.78 is 5.25. The van der Waals surface area contributed by atoms with Crippen LogP contribution in [0.15, 0.2) is 16.6 Å². The number of aromatic hydroxyl groups is 1. The number of benzene rings is 1. The molecule has 1 atom stereocenters. The van der Waals surface area contributed by atoms with E-state index in [0.717, 1.165) is 5.56 Å². The number of fused-ring (bicyclic) bond motifs is 1. The first-order chi connectivity index (χ1) is 11.7. The number of amides is 1. The Bertz CT molecular complexity index is 677. The average Bonchev–Trinajstić information content (AvgIpc) is 2.72. The molecule has 0 saturated carbocycles. The largest absolute Gasteiger partial charge is 0.506 e. The van der Waals surface area contributed by atoms with Gasteiger partial charge in [0.1, 0.15) is 12.0 Å². The molecule has 1 aliphatic heterocycles. The van der Waals surface area contributed by atoms with Crippen LogP contribution in [0.2, 0.25) is 0 Å². The van der Waals surface area contributed by atoms with Gasteiger partial charge in [0.2, 0.25) is 5.91 Å². The number of halogens is 1. The fraction of sp³-hybridized carbons (Fsp3) is 0.529. The molecule has 3 N–H and O–H groups in total. The minimum atomic E-state index is -0.941. The molecule has 0 aromatic heterocycles.